The molecular formula is C15H14Cl2F2O3. The van der Waals surface area contributed by atoms with Crippen LogP contribution in [0.3, 0.4) is 0 Å². The zero-order valence-electron chi connectivity index (χ0n) is 11.8. The molecule has 2 atom stereocenters. The van der Waals surface area contributed by atoms with E-state index < -0.39 is 34.4 Å². The van der Waals surface area contributed by atoms with Crippen LogP contribution in [0.5, 0.6) is 5.75 Å². The predicted octanol–water partition coefficient (Wildman–Crippen LogP) is 4.79. The molecule has 0 unspecified atom stereocenters. The number of carboxylic acids is 1. The molecule has 1 aliphatic rings. The molecule has 22 heavy (non-hydrogen) atoms. The molecule has 0 amide bonds. The smallest absolute Gasteiger partial charge is 0.437 e. The van der Waals surface area contributed by atoms with E-state index in [0.29, 0.717) is 5.02 Å². The quantitative estimate of drug-likeness (QED) is 0.830. The first-order valence-corrected chi connectivity index (χ1v) is 7.24. The van der Waals surface area contributed by atoms with Crippen molar-refractivity contribution in [2.24, 2.45) is 17.3 Å². The molecule has 3 nitrogen and oxygen atoms in total. The van der Waals surface area contributed by atoms with Crippen LogP contribution in [-0.4, -0.2) is 17.2 Å². The summed E-state index contributed by atoms with van der Waals surface area (Å²) >= 11 is 11.3. The Balaban J connectivity index is 2.13. The van der Waals surface area contributed by atoms with Crippen molar-refractivity contribution < 1.29 is 23.4 Å². The fourth-order valence-corrected chi connectivity index (χ4v) is 2.71. The van der Waals surface area contributed by atoms with Crippen molar-refractivity contribution in [2.75, 3.05) is 0 Å². The molecule has 120 valence electrons. The van der Waals surface area contributed by atoms with Gasteiger partial charge in [-0.2, -0.15) is 8.78 Å². The normalized spacial score (nSPS) is 24.0. The topological polar surface area (TPSA) is 46.5 Å². The predicted molar refractivity (Wildman–Crippen MR) is 79.4 cm³/mol. The van der Waals surface area contributed by atoms with Crippen LogP contribution in [0, 0.1) is 17.3 Å². The summed E-state index contributed by atoms with van der Waals surface area (Å²) in [4.78, 5) is 11.0. The van der Waals surface area contributed by atoms with E-state index in [-0.39, 0.29) is 5.75 Å². The molecule has 7 heteroatoms. The number of halogens is 4. The number of hydrogen-bond acceptors (Lipinski definition) is 2. The zero-order chi connectivity index (χ0) is 16.7. The van der Waals surface area contributed by atoms with Gasteiger partial charge in [0, 0.05) is 5.02 Å². The van der Waals surface area contributed by atoms with Crippen molar-refractivity contribution >= 4 is 29.2 Å². The van der Waals surface area contributed by atoms with Crippen LogP contribution in [-0.2, 0) is 4.79 Å². The highest BCUT2D eigenvalue weighted by atomic mass is 35.5. The Hall–Kier alpha value is -1.33. The third-order valence-corrected chi connectivity index (χ3v) is 4.44. The van der Waals surface area contributed by atoms with Gasteiger partial charge in [0.1, 0.15) is 10.8 Å². The van der Waals surface area contributed by atoms with Crippen LogP contribution >= 0.6 is 23.2 Å². The van der Waals surface area contributed by atoms with E-state index in [1.54, 1.807) is 13.8 Å². The summed E-state index contributed by atoms with van der Waals surface area (Å²) in [6.07, 6.45) is -2.67. The SMILES string of the molecule is CC1(C)[C@H](C(=O)O)[C@@H]1C=C(Cl)C(F)(F)Oc1ccc(Cl)cc1. The zero-order valence-corrected chi connectivity index (χ0v) is 13.3. The van der Waals surface area contributed by atoms with Gasteiger partial charge < -0.3 is 9.84 Å². The van der Waals surface area contributed by atoms with Gasteiger partial charge in [0.15, 0.2) is 0 Å². The summed E-state index contributed by atoms with van der Waals surface area (Å²) in [6.45, 7) is 3.38. The Morgan fingerprint density at radius 1 is 1.36 bits per heavy atom. The van der Waals surface area contributed by atoms with E-state index >= 15 is 0 Å². The van der Waals surface area contributed by atoms with Crippen molar-refractivity contribution in [3.63, 3.8) is 0 Å². The summed E-state index contributed by atoms with van der Waals surface area (Å²) in [6, 6.07) is 5.41. The lowest BCUT2D eigenvalue weighted by Crippen LogP contribution is -2.25. The summed E-state index contributed by atoms with van der Waals surface area (Å²) in [7, 11) is 0. The fourth-order valence-electron chi connectivity index (χ4n) is 2.41. The van der Waals surface area contributed by atoms with Crippen molar-refractivity contribution in [3.8, 4) is 5.75 Å². The molecule has 0 heterocycles. The average molecular weight is 351 g/mol. The van der Waals surface area contributed by atoms with E-state index in [0.717, 1.165) is 6.08 Å². The molecule has 1 N–H and O–H groups in total. The Kier molecular flexibility index (Phi) is 4.42. The highest BCUT2D eigenvalue weighted by Crippen LogP contribution is 2.60. The first-order valence-electron chi connectivity index (χ1n) is 6.48. The Labute approximate surface area is 136 Å². The maximum atomic E-state index is 14.0. The van der Waals surface area contributed by atoms with Gasteiger partial charge in [0.2, 0.25) is 0 Å². The number of ether oxygens (including phenoxy) is 1. The van der Waals surface area contributed by atoms with Gasteiger partial charge in [-0.3, -0.25) is 4.79 Å². The number of carbonyl (C=O) groups is 1. The van der Waals surface area contributed by atoms with Gasteiger partial charge in [0.05, 0.1) is 5.92 Å². The van der Waals surface area contributed by atoms with E-state index in [9.17, 15) is 13.6 Å². The van der Waals surface area contributed by atoms with E-state index in [2.05, 4.69) is 4.74 Å². The van der Waals surface area contributed by atoms with Crippen LogP contribution < -0.4 is 4.74 Å². The van der Waals surface area contributed by atoms with Gasteiger partial charge in [-0.1, -0.05) is 43.1 Å². The molecule has 0 bridgehead atoms. The molecule has 1 aromatic rings. The number of aliphatic carboxylic acids is 1. The van der Waals surface area contributed by atoms with Crippen molar-refractivity contribution in [1.82, 2.24) is 0 Å². The molecule has 0 spiro atoms. The van der Waals surface area contributed by atoms with E-state index in [4.69, 9.17) is 28.3 Å². The van der Waals surface area contributed by atoms with Gasteiger partial charge in [-0.05, 0) is 35.6 Å². The summed E-state index contributed by atoms with van der Waals surface area (Å²) in [5, 5.41) is 8.59. The summed E-state index contributed by atoms with van der Waals surface area (Å²) in [5.41, 5.74) is -0.609. The van der Waals surface area contributed by atoms with Crippen LogP contribution in [0.1, 0.15) is 13.8 Å². The molecule has 1 aliphatic carbocycles. The van der Waals surface area contributed by atoms with Crippen LogP contribution in [0.2, 0.25) is 5.02 Å². The molecule has 0 aromatic heterocycles. The van der Waals surface area contributed by atoms with Gasteiger partial charge in [-0.15, -0.1) is 0 Å². The number of hydrogen-bond donors (Lipinski definition) is 1. The number of allylic oxidation sites excluding steroid dienone is 1. The molecular weight excluding hydrogens is 337 g/mol. The minimum absolute atomic E-state index is 0.0919. The van der Waals surface area contributed by atoms with Crippen LogP contribution in [0.25, 0.3) is 0 Å². The molecule has 0 aliphatic heterocycles. The lowest BCUT2D eigenvalue weighted by molar-refractivity contribution is -0.140. The molecule has 0 radical (unpaired) electrons. The second kappa shape index (κ2) is 5.70. The van der Waals surface area contributed by atoms with Crippen molar-refractivity contribution in [3.05, 3.63) is 40.4 Å². The summed E-state index contributed by atoms with van der Waals surface area (Å²) in [5.74, 6) is -2.41. The standard InChI is InChI=1S/C15H14Cl2F2O3/c1-14(2)10(12(14)13(20)21)7-11(17)15(18,19)22-9-5-3-8(16)4-6-9/h3-7,10,12H,1-2H3,(H,20,21)/t10-,12-/m0/s1. The fraction of sp³-hybridized carbons (Fsp3) is 0.400. The Morgan fingerprint density at radius 2 is 1.91 bits per heavy atom. The Bertz CT molecular complexity index is 612. The second-order valence-corrected chi connectivity index (χ2v) is 6.59. The molecule has 1 saturated carbocycles. The average Bonchev–Trinajstić information content (AvgIpc) is 2.93. The monoisotopic (exact) mass is 350 g/mol. The highest BCUT2D eigenvalue weighted by Gasteiger charge is 2.61. The lowest BCUT2D eigenvalue weighted by atomic mass is 10.1. The van der Waals surface area contributed by atoms with Crippen LogP contribution in [0.15, 0.2) is 35.4 Å². The second-order valence-electron chi connectivity index (χ2n) is 5.75. The number of benzene rings is 1. The molecule has 1 aromatic carbocycles. The lowest BCUT2D eigenvalue weighted by Gasteiger charge is -2.17. The van der Waals surface area contributed by atoms with E-state index in [1.807, 2.05) is 0 Å². The van der Waals surface area contributed by atoms with Gasteiger partial charge >= 0.3 is 12.1 Å². The minimum atomic E-state index is -3.74. The van der Waals surface area contributed by atoms with Crippen LogP contribution in [0.4, 0.5) is 8.78 Å². The largest absolute Gasteiger partial charge is 0.481 e. The maximum absolute atomic E-state index is 14.0. The third-order valence-electron chi connectivity index (χ3n) is 3.84. The van der Waals surface area contributed by atoms with Crippen molar-refractivity contribution in [1.29, 1.82) is 0 Å². The first kappa shape index (κ1) is 17.0. The van der Waals surface area contributed by atoms with Gasteiger partial charge in [0.25, 0.3) is 0 Å². The third kappa shape index (κ3) is 3.36. The molecule has 0 saturated heterocycles. The number of rotatable bonds is 5. The maximum Gasteiger partial charge on any atom is 0.437 e. The van der Waals surface area contributed by atoms with Gasteiger partial charge in [-0.25, -0.2) is 0 Å². The number of carboxylic acid groups (broad SMARTS) is 1. The molecule has 2 rings (SSSR count). The highest BCUT2D eigenvalue weighted by molar-refractivity contribution is 6.30. The number of alkyl halides is 2. The first-order chi connectivity index (χ1) is 10.1. The minimum Gasteiger partial charge on any atom is -0.481 e. The van der Waals surface area contributed by atoms with E-state index in [1.165, 1.54) is 24.3 Å². The van der Waals surface area contributed by atoms with Crippen molar-refractivity contribution in [2.45, 2.75) is 20.0 Å². The molecule has 1 fully saturated rings. The summed E-state index contributed by atoms with van der Waals surface area (Å²) < 4.78 is 32.5. The Morgan fingerprint density at radius 3 is 2.36 bits per heavy atom.